The summed E-state index contributed by atoms with van der Waals surface area (Å²) in [5, 5.41) is 9.08. The van der Waals surface area contributed by atoms with Crippen LogP contribution in [0.2, 0.25) is 0 Å². The molecule has 0 saturated carbocycles. The van der Waals surface area contributed by atoms with E-state index in [-0.39, 0.29) is 5.56 Å². The van der Waals surface area contributed by atoms with Gasteiger partial charge in [0.05, 0.1) is 5.56 Å². The highest BCUT2D eigenvalue weighted by Crippen LogP contribution is 2.14. The number of hydrogen-bond acceptors (Lipinski definition) is 2. The van der Waals surface area contributed by atoms with Gasteiger partial charge in [-0.1, -0.05) is 19.9 Å². The topological polar surface area (TPSA) is 40.5 Å². The summed E-state index contributed by atoms with van der Waals surface area (Å²) in [5.41, 5.74) is 0.734. The highest BCUT2D eigenvalue weighted by Gasteiger charge is 2.13. The Morgan fingerprint density at radius 1 is 1.28 bits per heavy atom. The molecule has 1 rings (SSSR count). The highest BCUT2D eigenvalue weighted by molar-refractivity contribution is 5.89. The van der Waals surface area contributed by atoms with Gasteiger partial charge >= 0.3 is 5.97 Å². The van der Waals surface area contributed by atoms with Crippen LogP contribution in [0.4, 0.5) is 4.39 Å². The lowest BCUT2D eigenvalue weighted by Gasteiger charge is -2.21. The summed E-state index contributed by atoms with van der Waals surface area (Å²) in [5.74, 6) is -1.58. The number of halogens is 1. The van der Waals surface area contributed by atoms with E-state index in [0.717, 1.165) is 32.0 Å². The molecule has 100 valence electrons. The summed E-state index contributed by atoms with van der Waals surface area (Å²) in [7, 11) is 0. The van der Waals surface area contributed by atoms with E-state index in [1.54, 1.807) is 6.07 Å². The van der Waals surface area contributed by atoms with Crippen molar-refractivity contribution in [2.45, 2.75) is 33.2 Å². The Labute approximate surface area is 107 Å². The van der Waals surface area contributed by atoms with Crippen LogP contribution in [0.1, 0.15) is 42.6 Å². The molecule has 0 aliphatic heterocycles. The van der Waals surface area contributed by atoms with Crippen LogP contribution in [0.25, 0.3) is 0 Å². The lowest BCUT2D eigenvalue weighted by Crippen LogP contribution is -2.26. The molecule has 4 heteroatoms. The standard InChI is InChI=1S/C14H20FNO2/c1-3-7-16(8-4-2)10-11-5-6-12(15)9-13(11)14(17)18/h5-6,9H,3-4,7-8,10H2,1-2H3,(H,17,18). The van der Waals surface area contributed by atoms with E-state index < -0.39 is 11.8 Å². The number of benzene rings is 1. The number of hydrogen-bond donors (Lipinski definition) is 1. The number of nitrogens with zero attached hydrogens (tertiary/aromatic N) is 1. The van der Waals surface area contributed by atoms with Crippen molar-refractivity contribution in [2.75, 3.05) is 13.1 Å². The summed E-state index contributed by atoms with van der Waals surface area (Å²) < 4.78 is 13.1. The smallest absolute Gasteiger partial charge is 0.336 e. The van der Waals surface area contributed by atoms with Crippen LogP contribution in [0, 0.1) is 5.82 Å². The fourth-order valence-corrected chi connectivity index (χ4v) is 2.03. The summed E-state index contributed by atoms with van der Waals surface area (Å²) >= 11 is 0. The first-order valence-electron chi connectivity index (χ1n) is 6.32. The fraction of sp³-hybridized carbons (Fsp3) is 0.500. The highest BCUT2D eigenvalue weighted by atomic mass is 19.1. The molecule has 0 aliphatic rings. The van der Waals surface area contributed by atoms with Gasteiger partial charge in [-0.05, 0) is 43.6 Å². The average molecular weight is 253 g/mol. The summed E-state index contributed by atoms with van der Waals surface area (Å²) in [6.45, 7) is 6.58. The van der Waals surface area contributed by atoms with Gasteiger partial charge in [-0.3, -0.25) is 4.90 Å². The zero-order chi connectivity index (χ0) is 13.5. The van der Waals surface area contributed by atoms with Gasteiger partial charge in [0.1, 0.15) is 5.82 Å². The van der Waals surface area contributed by atoms with E-state index >= 15 is 0 Å². The maximum atomic E-state index is 13.1. The first-order chi connectivity index (χ1) is 8.58. The van der Waals surface area contributed by atoms with Crippen molar-refractivity contribution in [1.82, 2.24) is 4.90 Å². The van der Waals surface area contributed by atoms with Crippen molar-refractivity contribution < 1.29 is 14.3 Å². The van der Waals surface area contributed by atoms with E-state index in [4.69, 9.17) is 5.11 Å². The zero-order valence-corrected chi connectivity index (χ0v) is 10.9. The van der Waals surface area contributed by atoms with E-state index in [1.807, 2.05) is 0 Å². The normalized spacial score (nSPS) is 10.9. The molecule has 1 N–H and O–H groups in total. The van der Waals surface area contributed by atoms with Crippen molar-refractivity contribution in [3.8, 4) is 0 Å². The third-order valence-electron chi connectivity index (χ3n) is 2.78. The van der Waals surface area contributed by atoms with Crippen LogP contribution >= 0.6 is 0 Å². The lowest BCUT2D eigenvalue weighted by atomic mass is 10.1. The Morgan fingerprint density at radius 3 is 2.39 bits per heavy atom. The van der Waals surface area contributed by atoms with Gasteiger partial charge < -0.3 is 5.11 Å². The number of carbonyl (C=O) groups is 1. The first-order valence-corrected chi connectivity index (χ1v) is 6.32. The zero-order valence-electron chi connectivity index (χ0n) is 10.9. The summed E-state index contributed by atoms with van der Waals surface area (Å²) in [6.07, 6.45) is 2.03. The molecule has 0 saturated heterocycles. The molecular formula is C14H20FNO2. The molecule has 0 aromatic heterocycles. The van der Waals surface area contributed by atoms with Crippen LogP contribution in [0.15, 0.2) is 18.2 Å². The quantitative estimate of drug-likeness (QED) is 0.811. The van der Waals surface area contributed by atoms with Crippen molar-refractivity contribution in [3.63, 3.8) is 0 Å². The first kappa shape index (κ1) is 14.6. The minimum absolute atomic E-state index is 0.0622. The van der Waals surface area contributed by atoms with Crippen molar-refractivity contribution in [2.24, 2.45) is 0 Å². The Morgan fingerprint density at radius 2 is 1.89 bits per heavy atom. The van der Waals surface area contributed by atoms with Gasteiger partial charge in [0.15, 0.2) is 0 Å². The van der Waals surface area contributed by atoms with E-state index in [2.05, 4.69) is 18.7 Å². The second-order valence-corrected chi connectivity index (χ2v) is 4.38. The molecular weight excluding hydrogens is 233 g/mol. The van der Waals surface area contributed by atoms with Crippen LogP contribution in [-0.2, 0) is 6.54 Å². The number of carboxylic acid groups (broad SMARTS) is 1. The molecule has 0 unspecified atom stereocenters. The predicted octanol–water partition coefficient (Wildman–Crippen LogP) is 3.15. The lowest BCUT2D eigenvalue weighted by molar-refractivity contribution is 0.0694. The van der Waals surface area contributed by atoms with Gasteiger partial charge in [-0.15, -0.1) is 0 Å². The SMILES string of the molecule is CCCN(CCC)Cc1ccc(F)cc1C(=O)O. The Hall–Kier alpha value is -1.42. The number of carboxylic acids is 1. The van der Waals surface area contributed by atoms with Gasteiger partial charge in [0.2, 0.25) is 0 Å². The molecule has 0 spiro atoms. The monoisotopic (exact) mass is 253 g/mol. The molecule has 0 aliphatic carbocycles. The Kier molecular flexibility index (Phi) is 5.78. The van der Waals surface area contributed by atoms with Crippen LogP contribution in [0.5, 0.6) is 0 Å². The van der Waals surface area contributed by atoms with E-state index in [0.29, 0.717) is 12.1 Å². The fourth-order valence-electron chi connectivity index (χ4n) is 2.03. The van der Waals surface area contributed by atoms with Gasteiger partial charge in [-0.2, -0.15) is 0 Å². The minimum Gasteiger partial charge on any atom is -0.478 e. The van der Waals surface area contributed by atoms with Gasteiger partial charge in [-0.25, -0.2) is 9.18 Å². The Bertz CT molecular complexity index is 401. The van der Waals surface area contributed by atoms with Crippen molar-refractivity contribution in [3.05, 3.63) is 35.1 Å². The minimum atomic E-state index is -1.07. The van der Waals surface area contributed by atoms with E-state index in [9.17, 15) is 9.18 Å². The van der Waals surface area contributed by atoms with Gasteiger partial charge in [0.25, 0.3) is 0 Å². The molecule has 1 aromatic rings. The molecule has 0 bridgehead atoms. The average Bonchev–Trinajstić information content (AvgIpc) is 2.32. The molecule has 3 nitrogen and oxygen atoms in total. The summed E-state index contributed by atoms with van der Waals surface area (Å²) in [6, 6.07) is 3.97. The molecule has 0 atom stereocenters. The van der Waals surface area contributed by atoms with Crippen LogP contribution in [0.3, 0.4) is 0 Å². The number of rotatable bonds is 7. The van der Waals surface area contributed by atoms with Crippen molar-refractivity contribution >= 4 is 5.97 Å². The molecule has 0 radical (unpaired) electrons. The molecule has 0 amide bonds. The third-order valence-corrected chi connectivity index (χ3v) is 2.78. The molecule has 18 heavy (non-hydrogen) atoms. The predicted molar refractivity (Wildman–Crippen MR) is 69.2 cm³/mol. The number of aromatic carboxylic acids is 1. The second kappa shape index (κ2) is 7.11. The largest absolute Gasteiger partial charge is 0.478 e. The maximum absolute atomic E-state index is 13.1. The second-order valence-electron chi connectivity index (χ2n) is 4.38. The van der Waals surface area contributed by atoms with E-state index in [1.165, 1.54) is 6.07 Å². The molecule has 0 fully saturated rings. The third kappa shape index (κ3) is 4.11. The van der Waals surface area contributed by atoms with Gasteiger partial charge in [0, 0.05) is 6.54 Å². The Balaban J connectivity index is 2.90. The summed E-state index contributed by atoms with van der Waals surface area (Å²) in [4.78, 5) is 13.3. The van der Waals surface area contributed by atoms with Crippen LogP contribution < -0.4 is 0 Å². The van der Waals surface area contributed by atoms with Crippen LogP contribution in [-0.4, -0.2) is 29.1 Å². The molecule has 0 heterocycles. The van der Waals surface area contributed by atoms with Crippen molar-refractivity contribution in [1.29, 1.82) is 0 Å². The molecule has 1 aromatic carbocycles. The maximum Gasteiger partial charge on any atom is 0.336 e.